The molecule has 0 aliphatic rings. The van der Waals surface area contributed by atoms with E-state index in [4.69, 9.17) is 16.9 Å². The molecule has 1 rings (SSSR count). The van der Waals surface area contributed by atoms with Crippen molar-refractivity contribution < 1.29 is 9.53 Å². The molecular formula is C11H10ClNO2S. The first-order valence-corrected chi connectivity index (χ1v) is 5.93. The van der Waals surface area contributed by atoms with Crippen molar-refractivity contribution in [3.63, 3.8) is 0 Å². The summed E-state index contributed by atoms with van der Waals surface area (Å²) in [7, 11) is 1.35. The molecule has 0 aromatic heterocycles. The van der Waals surface area contributed by atoms with Crippen molar-refractivity contribution in [2.45, 2.75) is 11.3 Å². The monoisotopic (exact) mass is 255 g/mol. The molecule has 0 spiro atoms. The Balaban J connectivity index is 2.63. The fourth-order valence-corrected chi connectivity index (χ4v) is 2.26. The van der Waals surface area contributed by atoms with Crippen LogP contribution in [0.2, 0.25) is 5.02 Å². The molecule has 0 amide bonds. The van der Waals surface area contributed by atoms with Gasteiger partial charge in [0.2, 0.25) is 0 Å². The fraction of sp³-hybridized carbons (Fsp3) is 0.273. The molecule has 0 saturated heterocycles. The summed E-state index contributed by atoms with van der Waals surface area (Å²) in [5.74, 6) is 0.315. The zero-order valence-electron chi connectivity index (χ0n) is 8.70. The van der Waals surface area contributed by atoms with Gasteiger partial charge in [0.15, 0.2) is 0 Å². The third kappa shape index (κ3) is 3.76. The van der Waals surface area contributed by atoms with E-state index in [9.17, 15) is 4.79 Å². The summed E-state index contributed by atoms with van der Waals surface area (Å²) in [6, 6.07) is 7.14. The van der Waals surface area contributed by atoms with Gasteiger partial charge >= 0.3 is 5.97 Å². The average molecular weight is 256 g/mol. The zero-order valence-corrected chi connectivity index (χ0v) is 10.3. The number of hydrogen-bond donors (Lipinski definition) is 0. The summed E-state index contributed by atoms with van der Waals surface area (Å²) in [5, 5.41) is 9.45. The van der Waals surface area contributed by atoms with Gasteiger partial charge in [0.05, 0.1) is 19.1 Å². The lowest BCUT2D eigenvalue weighted by Crippen LogP contribution is -2.01. The summed E-state index contributed by atoms with van der Waals surface area (Å²) < 4.78 is 4.53. The van der Waals surface area contributed by atoms with Gasteiger partial charge in [0, 0.05) is 15.7 Å². The third-order valence-electron chi connectivity index (χ3n) is 1.86. The second-order valence-corrected chi connectivity index (χ2v) is 4.50. The molecule has 3 nitrogen and oxygen atoms in total. The predicted octanol–water partition coefficient (Wildman–Crippen LogP) is 2.87. The Morgan fingerprint density at radius 1 is 1.62 bits per heavy atom. The standard InChI is InChI=1S/C11H10ClNO2S/c1-15-11(14)4-5-16-10-6-9(12)3-2-8(10)7-13/h2-3,6H,4-5H2,1H3. The number of halogens is 1. The maximum Gasteiger partial charge on any atom is 0.306 e. The summed E-state index contributed by atoms with van der Waals surface area (Å²) in [5.41, 5.74) is 0.569. The second-order valence-electron chi connectivity index (χ2n) is 2.93. The summed E-state index contributed by atoms with van der Waals surface area (Å²) in [4.78, 5) is 11.7. The lowest BCUT2D eigenvalue weighted by molar-refractivity contribution is -0.140. The maximum atomic E-state index is 10.9. The van der Waals surface area contributed by atoms with Crippen LogP contribution in [0.5, 0.6) is 0 Å². The van der Waals surface area contributed by atoms with Crippen molar-refractivity contribution in [2.75, 3.05) is 12.9 Å². The van der Waals surface area contributed by atoms with Gasteiger partial charge in [-0.25, -0.2) is 0 Å². The van der Waals surface area contributed by atoms with Crippen molar-refractivity contribution in [1.82, 2.24) is 0 Å². The molecular weight excluding hydrogens is 246 g/mol. The van der Waals surface area contributed by atoms with Crippen LogP contribution in [0, 0.1) is 11.3 Å². The Kier molecular flexibility index (Phi) is 5.17. The Morgan fingerprint density at radius 2 is 2.38 bits per heavy atom. The van der Waals surface area contributed by atoms with Gasteiger partial charge in [-0.15, -0.1) is 11.8 Å². The van der Waals surface area contributed by atoms with Crippen LogP contribution in [0.3, 0.4) is 0 Å². The Bertz CT molecular complexity index is 428. The summed E-state index contributed by atoms with van der Waals surface area (Å²) >= 11 is 7.25. The van der Waals surface area contributed by atoms with Crippen molar-refractivity contribution >= 4 is 29.3 Å². The smallest absolute Gasteiger partial charge is 0.306 e. The number of ether oxygens (including phenoxy) is 1. The normalized spacial score (nSPS) is 9.56. The number of methoxy groups -OCH3 is 1. The van der Waals surface area contributed by atoms with Gasteiger partial charge in [-0.2, -0.15) is 5.26 Å². The van der Waals surface area contributed by atoms with E-state index in [1.807, 2.05) is 0 Å². The van der Waals surface area contributed by atoms with E-state index < -0.39 is 0 Å². The molecule has 0 heterocycles. The Labute approximate surface area is 103 Å². The van der Waals surface area contributed by atoms with Gasteiger partial charge in [-0.1, -0.05) is 11.6 Å². The molecule has 0 radical (unpaired) electrons. The molecule has 0 aliphatic heterocycles. The number of nitrogens with zero attached hydrogens (tertiary/aromatic N) is 1. The minimum absolute atomic E-state index is 0.256. The Morgan fingerprint density at radius 3 is 3.00 bits per heavy atom. The average Bonchev–Trinajstić information content (AvgIpc) is 2.29. The van der Waals surface area contributed by atoms with Crippen LogP contribution in [0.15, 0.2) is 23.1 Å². The fourth-order valence-electron chi connectivity index (χ4n) is 1.05. The van der Waals surface area contributed by atoms with E-state index in [-0.39, 0.29) is 5.97 Å². The number of rotatable bonds is 4. The minimum atomic E-state index is -0.256. The topological polar surface area (TPSA) is 50.1 Å². The zero-order chi connectivity index (χ0) is 12.0. The molecule has 0 saturated carbocycles. The van der Waals surface area contributed by atoms with Crippen LogP contribution in [0.1, 0.15) is 12.0 Å². The number of esters is 1. The molecule has 0 N–H and O–H groups in total. The van der Waals surface area contributed by atoms with Crippen molar-refractivity contribution in [3.05, 3.63) is 28.8 Å². The second kappa shape index (κ2) is 6.41. The first-order valence-electron chi connectivity index (χ1n) is 4.56. The molecule has 16 heavy (non-hydrogen) atoms. The first-order chi connectivity index (χ1) is 7.67. The van der Waals surface area contributed by atoms with Crippen molar-refractivity contribution in [2.24, 2.45) is 0 Å². The maximum absolute atomic E-state index is 10.9. The SMILES string of the molecule is COC(=O)CCSc1cc(Cl)ccc1C#N. The highest BCUT2D eigenvalue weighted by Gasteiger charge is 2.05. The Hall–Kier alpha value is -1.18. The van der Waals surface area contributed by atoms with E-state index in [2.05, 4.69) is 10.8 Å². The summed E-state index contributed by atoms with van der Waals surface area (Å²) in [6.45, 7) is 0. The van der Waals surface area contributed by atoms with Gasteiger partial charge in [-0.05, 0) is 18.2 Å². The van der Waals surface area contributed by atoms with Crippen molar-refractivity contribution in [3.8, 4) is 6.07 Å². The van der Waals surface area contributed by atoms with Gasteiger partial charge in [-0.3, -0.25) is 4.79 Å². The highest BCUT2D eigenvalue weighted by Crippen LogP contribution is 2.26. The van der Waals surface area contributed by atoms with Crippen LogP contribution < -0.4 is 0 Å². The molecule has 0 aliphatic carbocycles. The number of thioether (sulfide) groups is 1. The highest BCUT2D eigenvalue weighted by molar-refractivity contribution is 7.99. The highest BCUT2D eigenvalue weighted by atomic mass is 35.5. The molecule has 1 aromatic carbocycles. The molecule has 5 heteroatoms. The predicted molar refractivity (Wildman–Crippen MR) is 63.5 cm³/mol. The number of hydrogen-bond acceptors (Lipinski definition) is 4. The number of nitriles is 1. The van der Waals surface area contributed by atoms with Gasteiger partial charge < -0.3 is 4.74 Å². The van der Waals surface area contributed by atoms with Crippen LogP contribution >= 0.6 is 23.4 Å². The molecule has 84 valence electrons. The van der Waals surface area contributed by atoms with E-state index in [0.29, 0.717) is 22.8 Å². The van der Waals surface area contributed by atoms with Crippen LogP contribution in [0.25, 0.3) is 0 Å². The lowest BCUT2D eigenvalue weighted by atomic mass is 10.2. The molecule has 0 atom stereocenters. The first kappa shape index (κ1) is 12.9. The van der Waals surface area contributed by atoms with Crippen LogP contribution in [-0.2, 0) is 9.53 Å². The van der Waals surface area contributed by atoms with Gasteiger partial charge in [0.25, 0.3) is 0 Å². The lowest BCUT2D eigenvalue weighted by Gasteiger charge is -2.03. The molecule has 0 fully saturated rings. The minimum Gasteiger partial charge on any atom is -0.469 e. The molecule has 0 unspecified atom stereocenters. The van der Waals surface area contributed by atoms with Crippen LogP contribution in [0.4, 0.5) is 0 Å². The number of benzene rings is 1. The number of carbonyl (C=O) groups is 1. The largest absolute Gasteiger partial charge is 0.469 e. The van der Waals surface area contributed by atoms with Crippen LogP contribution in [-0.4, -0.2) is 18.8 Å². The van der Waals surface area contributed by atoms with E-state index >= 15 is 0 Å². The quantitative estimate of drug-likeness (QED) is 0.613. The number of carbonyl (C=O) groups excluding carboxylic acids is 1. The van der Waals surface area contributed by atoms with E-state index in [0.717, 1.165) is 4.90 Å². The molecule has 0 bridgehead atoms. The molecule has 1 aromatic rings. The van der Waals surface area contributed by atoms with E-state index in [1.165, 1.54) is 18.9 Å². The summed E-state index contributed by atoms with van der Waals surface area (Å²) in [6.07, 6.45) is 0.318. The van der Waals surface area contributed by atoms with Gasteiger partial charge in [0.1, 0.15) is 6.07 Å². The van der Waals surface area contributed by atoms with Crippen molar-refractivity contribution in [1.29, 1.82) is 5.26 Å². The van der Waals surface area contributed by atoms with E-state index in [1.54, 1.807) is 18.2 Å². The third-order valence-corrected chi connectivity index (χ3v) is 3.15.